The molecule has 0 aliphatic rings. The molecule has 0 radical (unpaired) electrons. The van der Waals surface area contributed by atoms with Gasteiger partial charge in [-0.05, 0) is 34.7 Å². The molecule has 1 amide bonds. The lowest BCUT2D eigenvalue weighted by Gasteiger charge is -2.04. The second-order valence-electron chi connectivity index (χ2n) is 3.15. The highest BCUT2D eigenvalue weighted by molar-refractivity contribution is 14.1. The fourth-order valence-electron chi connectivity index (χ4n) is 1.24. The Balaban J connectivity index is 2.01. The van der Waals surface area contributed by atoms with Gasteiger partial charge in [-0.1, -0.05) is 17.3 Å². The molecule has 16 heavy (non-hydrogen) atoms. The molecule has 1 heterocycles. The SMILES string of the molecule is O=C(NCc1ccon1)c1ccccc1I. The van der Waals surface area contributed by atoms with Crippen LogP contribution in [0.25, 0.3) is 0 Å². The molecule has 0 aliphatic carbocycles. The first-order valence-corrected chi connectivity index (χ1v) is 5.77. The molecule has 0 fully saturated rings. The van der Waals surface area contributed by atoms with Crippen LogP contribution in [0.1, 0.15) is 16.1 Å². The molecule has 1 aromatic heterocycles. The Bertz CT molecular complexity index is 482. The van der Waals surface area contributed by atoms with Crippen LogP contribution >= 0.6 is 22.6 Å². The molecule has 2 rings (SSSR count). The first-order valence-electron chi connectivity index (χ1n) is 4.69. The predicted molar refractivity (Wildman–Crippen MR) is 66.8 cm³/mol. The van der Waals surface area contributed by atoms with Crippen molar-refractivity contribution >= 4 is 28.5 Å². The number of halogens is 1. The molecule has 1 aromatic carbocycles. The predicted octanol–water partition coefficient (Wildman–Crippen LogP) is 2.21. The number of hydrogen-bond donors (Lipinski definition) is 1. The Morgan fingerprint density at radius 2 is 2.19 bits per heavy atom. The molecule has 0 saturated carbocycles. The van der Waals surface area contributed by atoms with Gasteiger partial charge in [-0.15, -0.1) is 0 Å². The van der Waals surface area contributed by atoms with Crippen LogP contribution in [0.5, 0.6) is 0 Å². The van der Waals surface area contributed by atoms with E-state index in [1.807, 2.05) is 18.2 Å². The van der Waals surface area contributed by atoms with Gasteiger partial charge >= 0.3 is 0 Å². The number of hydrogen-bond acceptors (Lipinski definition) is 3. The molecule has 0 saturated heterocycles. The maximum atomic E-state index is 11.8. The van der Waals surface area contributed by atoms with Crippen molar-refractivity contribution in [2.24, 2.45) is 0 Å². The number of aromatic nitrogens is 1. The molecule has 0 atom stereocenters. The fraction of sp³-hybridized carbons (Fsp3) is 0.0909. The van der Waals surface area contributed by atoms with Crippen LogP contribution in [0.3, 0.4) is 0 Å². The van der Waals surface area contributed by atoms with Crippen LogP contribution in [-0.4, -0.2) is 11.1 Å². The highest BCUT2D eigenvalue weighted by Gasteiger charge is 2.08. The summed E-state index contributed by atoms with van der Waals surface area (Å²) in [5, 5.41) is 6.49. The van der Waals surface area contributed by atoms with Gasteiger partial charge < -0.3 is 9.84 Å². The number of amides is 1. The lowest BCUT2D eigenvalue weighted by molar-refractivity contribution is 0.0949. The standard InChI is InChI=1S/C11H9IN2O2/c12-10-4-2-1-3-9(10)11(15)13-7-8-5-6-16-14-8/h1-6H,7H2,(H,13,15). The molecule has 0 aliphatic heterocycles. The van der Waals surface area contributed by atoms with E-state index in [2.05, 4.69) is 37.6 Å². The summed E-state index contributed by atoms with van der Waals surface area (Å²) < 4.78 is 5.60. The number of nitrogens with zero attached hydrogens (tertiary/aromatic N) is 1. The molecule has 0 spiro atoms. The van der Waals surface area contributed by atoms with Crippen LogP contribution in [0.2, 0.25) is 0 Å². The summed E-state index contributed by atoms with van der Waals surface area (Å²) in [6, 6.07) is 9.14. The van der Waals surface area contributed by atoms with Crippen molar-refractivity contribution in [2.45, 2.75) is 6.54 Å². The van der Waals surface area contributed by atoms with E-state index in [9.17, 15) is 4.79 Å². The van der Waals surface area contributed by atoms with E-state index in [1.165, 1.54) is 6.26 Å². The molecular formula is C11H9IN2O2. The summed E-state index contributed by atoms with van der Waals surface area (Å²) in [4.78, 5) is 11.8. The average molecular weight is 328 g/mol. The van der Waals surface area contributed by atoms with Crippen molar-refractivity contribution in [1.29, 1.82) is 0 Å². The number of carbonyl (C=O) groups excluding carboxylic acids is 1. The summed E-state index contributed by atoms with van der Waals surface area (Å²) in [5.74, 6) is -0.104. The first-order chi connectivity index (χ1) is 7.77. The normalized spacial score (nSPS) is 10.1. The minimum atomic E-state index is -0.104. The van der Waals surface area contributed by atoms with Gasteiger partial charge in [0.2, 0.25) is 0 Å². The quantitative estimate of drug-likeness (QED) is 0.879. The van der Waals surface area contributed by atoms with E-state index in [0.717, 1.165) is 3.57 Å². The third-order valence-corrected chi connectivity index (χ3v) is 2.98. The van der Waals surface area contributed by atoms with Gasteiger partial charge in [0.05, 0.1) is 12.1 Å². The van der Waals surface area contributed by atoms with Crippen molar-refractivity contribution in [2.75, 3.05) is 0 Å². The molecular weight excluding hydrogens is 319 g/mol. The van der Waals surface area contributed by atoms with E-state index in [1.54, 1.807) is 12.1 Å². The van der Waals surface area contributed by atoms with Gasteiger partial charge in [0.25, 0.3) is 5.91 Å². The lowest BCUT2D eigenvalue weighted by Crippen LogP contribution is -2.23. The third-order valence-electron chi connectivity index (χ3n) is 2.04. The largest absolute Gasteiger partial charge is 0.364 e. The van der Waals surface area contributed by atoms with E-state index >= 15 is 0 Å². The Kier molecular flexibility index (Phi) is 3.55. The molecule has 1 N–H and O–H groups in total. The van der Waals surface area contributed by atoms with E-state index < -0.39 is 0 Å². The number of nitrogens with one attached hydrogen (secondary N) is 1. The number of rotatable bonds is 3. The van der Waals surface area contributed by atoms with Crippen LogP contribution in [0.15, 0.2) is 41.1 Å². The zero-order chi connectivity index (χ0) is 11.4. The van der Waals surface area contributed by atoms with Crippen LogP contribution in [0.4, 0.5) is 0 Å². The number of benzene rings is 1. The zero-order valence-electron chi connectivity index (χ0n) is 8.31. The molecule has 0 unspecified atom stereocenters. The van der Waals surface area contributed by atoms with Gasteiger partial charge in [0, 0.05) is 9.64 Å². The molecule has 0 bridgehead atoms. The Hall–Kier alpha value is -1.37. The number of carbonyl (C=O) groups is 1. The zero-order valence-corrected chi connectivity index (χ0v) is 10.5. The molecule has 82 valence electrons. The van der Waals surface area contributed by atoms with E-state index in [0.29, 0.717) is 17.8 Å². The van der Waals surface area contributed by atoms with E-state index in [-0.39, 0.29) is 5.91 Å². The summed E-state index contributed by atoms with van der Waals surface area (Å²) in [7, 11) is 0. The van der Waals surface area contributed by atoms with E-state index in [4.69, 9.17) is 0 Å². The van der Waals surface area contributed by atoms with Crippen LogP contribution in [-0.2, 0) is 6.54 Å². The van der Waals surface area contributed by atoms with Gasteiger partial charge in [-0.3, -0.25) is 4.79 Å². The Morgan fingerprint density at radius 1 is 1.38 bits per heavy atom. The topological polar surface area (TPSA) is 55.1 Å². The average Bonchev–Trinajstić information content (AvgIpc) is 2.79. The second-order valence-corrected chi connectivity index (χ2v) is 4.32. The minimum Gasteiger partial charge on any atom is -0.364 e. The second kappa shape index (κ2) is 5.11. The lowest BCUT2D eigenvalue weighted by atomic mass is 10.2. The molecule has 5 heteroatoms. The highest BCUT2D eigenvalue weighted by atomic mass is 127. The third kappa shape index (κ3) is 2.60. The van der Waals surface area contributed by atoms with Gasteiger partial charge in [0.1, 0.15) is 12.0 Å². The van der Waals surface area contributed by atoms with Gasteiger partial charge in [-0.25, -0.2) is 0 Å². The fourth-order valence-corrected chi connectivity index (χ4v) is 1.87. The summed E-state index contributed by atoms with van der Waals surface area (Å²) in [6.45, 7) is 0.375. The smallest absolute Gasteiger partial charge is 0.252 e. The summed E-state index contributed by atoms with van der Waals surface area (Å²) in [5.41, 5.74) is 1.38. The first kappa shape index (κ1) is 11.1. The van der Waals surface area contributed by atoms with Crippen LogP contribution < -0.4 is 5.32 Å². The Labute approximate surface area is 106 Å². The summed E-state index contributed by atoms with van der Waals surface area (Å²) >= 11 is 2.13. The van der Waals surface area contributed by atoms with Crippen molar-refractivity contribution in [3.05, 3.63) is 51.4 Å². The summed E-state index contributed by atoms with van der Waals surface area (Å²) in [6.07, 6.45) is 1.48. The maximum Gasteiger partial charge on any atom is 0.252 e. The molecule has 2 aromatic rings. The monoisotopic (exact) mass is 328 g/mol. The van der Waals surface area contributed by atoms with Gasteiger partial charge in [-0.2, -0.15) is 0 Å². The van der Waals surface area contributed by atoms with Crippen molar-refractivity contribution in [1.82, 2.24) is 10.5 Å². The minimum absolute atomic E-state index is 0.104. The molecule has 4 nitrogen and oxygen atoms in total. The van der Waals surface area contributed by atoms with Crippen LogP contribution in [0, 0.1) is 3.57 Å². The van der Waals surface area contributed by atoms with Crippen molar-refractivity contribution in [3.8, 4) is 0 Å². The highest BCUT2D eigenvalue weighted by Crippen LogP contribution is 2.11. The maximum absolute atomic E-state index is 11.8. The van der Waals surface area contributed by atoms with Crippen molar-refractivity contribution < 1.29 is 9.32 Å². The van der Waals surface area contributed by atoms with Gasteiger partial charge in [0.15, 0.2) is 0 Å². The Morgan fingerprint density at radius 3 is 2.88 bits per heavy atom. The van der Waals surface area contributed by atoms with Crippen molar-refractivity contribution in [3.63, 3.8) is 0 Å².